The van der Waals surface area contributed by atoms with Crippen LogP contribution in [0.5, 0.6) is 11.5 Å². The number of nitrogens with zero attached hydrogens (tertiary/aromatic N) is 1. The number of para-hydroxylation sites is 1. The molecule has 0 unspecified atom stereocenters. The van der Waals surface area contributed by atoms with Gasteiger partial charge in [-0.2, -0.15) is 0 Å². The molecule has 1 aliphatic rings. The van der Waals surface area contributed by atoms with E-state index in [0.29, 0.717) is 18.1 Å². The molecule has 1 heterocycles. The van der Waals surface area contributed by atoms with Crippen molar-refractivity contribution in [3.8, 4) is 11.5 Å². The van der Waals surface area contributed by atoms with Crippen molar-refractivity contribution in [3.63, 3.8) is 0 Å². The third-order valence-corrected chi connectivity index (χ3v) is 5.15. The van der Waals surface area contributed by atoms with Gasteiger partial charge in [-0.25, -0.2) is 0 Å². The Morgan fingerprint density at radius 2 is 1.89 bits per heavy atom. The number of carbonyl (C=O) groups is 1. The summed E-state index contributed by atoms with van der Waals surface area (Å²) in [6.07, 6.45) is 8.51. The zero-order valence-corrected chi connectivity index (χ0v) is 15.4. The molecule has 1 amide bonds. The van der Waals surface area contributed by atoms with Crippen LogP contribution in [0.1, 0.15) is 38.5 Å². The van der Waals surface area contributed by atoms with E-state index >= 15 is 0 Å². The number of carbonyl (C=O) groups excluding carboxylic acids is 1. The molecule has 27 heavy (non-hydrogen) atoms. The molecule has 1 aliphatic carbocycles. The van der Waals surface area contributed by atoms with Crippen molar-refractivity contribution in [2.75, 3.05) is 5.32 Å². The van der Waals surface area contributed by atoms with Gasteiger partial charge < -0.3 is 10.1 Å². The Bertz CT molecular complexity index is 927. The van der Waals surface area contributed by atoms with E-state index in [1.165, 1.54) is 32.1 Å². The fourth-order valence-electron chi connectivity index (χ4n) is 3.79. The topological polar surface area (TPSA) is 51.2 Å². The molecule has 1 aromatic heterocycles. The van der Waals surface area contributed by atoms with Crippen LogP contribution < -0.4 is 10.1 Å². The number of hydrogen-bond acceptors (Lipinski definition) is 3. The highest BCUT2D eigenvalue weighted by molar-refractivity contribution is 5.91. The number of fused-ring (bicyclic) bond motifs is 1. The van der Waals surface area contributed by atoms with Crippen LogP contribution in [0, 0.1) is 5.92 Å². The number of pyridine rings is 1. The average molecular weight is 360 g/mol. The third kappa shape index (κ3) is 4.45. The fraction of sp³-hybridized carbons (Fsp3) is 0.304. The van der Waals surface area contributed by atoms with Crippen LogP contribution in [0.15, 0.2) is 60.8 Å². The quantitative estimate of drug-likeness (QED) is 0.613. The van der Waals surface area contributed by atoms with E-state index in [9.17, 15) is 4.79 Å². The van der Waals surface area contributed by atoms with Gasteiger partial charge in [-0.15, -0.1) is 0 Å². The van der Waals surface area contributed by atoms with Crippen LogP contribution in [0.4, 0.5) is 5.69 Å². The molecular formula is C23H24N2O2. The summed E-state index contributed by atoms with van der Waals surface area (Å²) < 4.78 is 6.07. The Morgan fingerprint density at radius 1 is 1.04 bits per heavy atom. The molecule has 1 saturated carbocycles. The van der Waals surface area contributed by atoms with Crippen molar-refractivity contribution in [1.29, 1.82) is 0 Å². The Balaban J connectivity index is 1.45. The van der Waals surface area contributed by atoms with Crippen molar-refractivity contribution < 1.29 is 9.53 Å². The molecule has 3 aromatic rings. The van der Waals surface area contributed by atoms with Gasteiger partial charge in [-0.3, -0.25) is 9.78 Å². The van der Waals surface area contributed by atoms with Crippen LogP contribution in [-0.4, -0.2) is 10.9 Å². The van der Waals surface area contributed by atoms with Crippen LogP contribution in [0.25, 0.3) is 10.9 Å². The summed E-state index contributed by atoms with van der Waals surface area (Å²) in [4.78, 5) is 16.7. The predicted molar refractivity (Wildman–Crippen MR) is 108 cm³/mol. The number of nitrogens with one attached hydrogen (secondary N) is 1. The standard InChI is InChI=1S/C23H24N2O2/c26-23(15-17-7-2-1-3-8-17)25-18-9-6-10-19(16-18)27-22-13-14-24-21-12-5-4-11-20(21)22/h4-6,9-14,16-17H,1-3,7-8,15H2,(H,25,26). The molecule has 1 N–H and O–H groups in total. The Morgan fingerprint density at radius 3 is 2.78 bits per heavy atom. The highest BCUT2D eigenvalue weighted by Crippen LogP contribution is 2.30. The summed E-state index contributed by atoms with van der Waals surface area (Å²) in [5.74, 6) is 2.07. The molecule has 4 nitrogen and oxygen atoms in total. The summed E-state index contributed by atoms with van der Waals surface area (Å²) in [6, 6.07) is 17.3. The van der Waals surface area contributed by atoms with Gasteiger partial charge in [-0.05, 0) is 49.1 Å². The fourth-order valence-corrected chi connectivity index (χ4v) is 3.79. The van der Waals surface area contributed by atoms with Gasteiger partial charge in [0.25, 0.3) is 0 Å². The molecule has 0 saturated heterocycles. The van der Waals surface area contributed by atoms with E-state index in [2.05, 4.69) is 10.3 Å². The average Bonchev–Trinajstić information content (AvgIpc) is 2.69. The minimum Gasteiger partial charge on any atom is -0.457 e. The van der Waals surface area contributed by atoms with E-state index in [1.807, 2.05) is 54.6 Å². The number of benzene rings is 2. The first-order valence-electron chi connectivity index (χ1n) is 9.69. The summed E-state index contributed by atoms with van der Waals surface area (Å²) >= 11 is 0. The van der Waals surface area contributed by atoms with Gasteiger partial charge in [-0.1, -0.05) is 37.5 Å². The molecule has 0 atom stereocenters. The number of ether oxygens (including phenoxy) is 1. The van der Waals surface area contributed by atoms with E-state index in [1.54, 1.807) is 6.20 Å². The van der Waals surface area contributed by atoms with Crippen LogP contribution in [0.3, 0.4) is 0 Å². The Labute approximate surface area is 159 Å². The van der Waals surface area contributed by atoms with Gasteiger partial charge in [0, 0.05) is 29.8 Å². The van der Waals surface area contributed by atoms with Gasteiger partial charge in [0.1, 0.15) is 11.5 Å². The first kappa shape index (κ1) is 17.5. The normalized spacial score (nSPS) is 14.8. The number of rotatable bonds is 5. The maximum Gasteiger partial charge on any atom is 0.224 e. The second-order valence-electron chi connectivity index (χ2n) is 7.21. The van der Waals surface area contributed by atoms with E-state index in [0.717, 1.165) is 22.3 Å². The Hall–Kier alpha value is -2.88. The lowest BCUT2D eigenvalue weighted by Crippen LogP contribution is -2.18. The maximum absolute atomic E-state index is 12.4. The molecule has 0 bridgehead atoms. The second-order valence-corrected chi connectivity index (χ2v) is 7.21. The Kier molecular flexibility index (Phi) is 5.33. The van der Waals surface area contributed by atoms with Crippen molar-refractivity contribution in [1.82, 2.24) is 4.98 Å². The number of anilines is 1. The lowest BCUT2D eigenvalue weighted by atomic mass is 9.87. The molecule has 0 aliphatic heterocycles. The maximum atomic E-state index is 12.4. The lowest BCUT2D eigenvalue weighted by molar-refractivity contribution is -0.117. The zero-order chi connectivity index (χ0) is 18.5. The van der Waals surface area contributed by atoms with E-state index < -0.39 is 0 Å². The van der Waals surface area contributed by atoms with Crippen molar-refractivity contribution in [2.45, 2.75) is 38.5 Å². The highest BCUT2D eigenvalue weighted by atomic mass is 16.5. The molecule has 4 rings (SSSR count). The summed E-state index contributed by atoms with van der Waals surface area (Å²) in [5.41, 5.74) is 1.67. The van der Waals surface area contributed by atoms with Crippen molar-refractivity contribution >= 4 is 22.5 Å². The molecule has 4 heteroatoms. The minimum absolute atomic E-state index is 0.0911. The summed E-state index contributed by atoms with van der Waals surface area (Å²) in [6.45, 7) is 0. The minimum atomic E-state index is 0.0911. The number of aromatic nitrogens is 1. The van der Waals surface area contributed by atoms with Crippen molar-refractivity contribution in [2.24, 2.45) is 5.92 Å². The van der Waals surface area contributed by atoms with Gasteiger partial charge in [0.15, 0.2) is 0 Å². The van der Waals surface area contributed by atoms with E-state index in [4.69, 9.17) is 4.74 Å². The molecule has 0 radical (unpaired) electrons. The largest absolute Gasteiger partial charge is 0.457 e. The summed E-state index contributed by atoms with van der Waals surface area (Å²) in [7, 11) is 0. The number of amides is 1. The van der Waals surface area contributed by atoms with Crippen LogP contribution >= 0.6 is 0 Å². The molecule has 1 fully saturated rings. The first-order chi connectivity index (χ1) is 13.3. The molecule has 0 spiro atoms. The second kappa shape index (κ2) is 8.21. The summed E-state index contributed by atoms with van der Waals surface area (Å²) in [5, 5.41) is 3.99. The highest BCUT2D eigenvalue weighted by Gasteiger charge is 2.17. The van der Waals surface area contributed by atoms with Gasteiger partial charge in [0.05, 0.1) is 5.52 Å². The molecular weight excluding hydrogens is 336 g/mol. The molecule has 138 valence electrons. The van der Waals surface area contributed by atoms with Crippen molar-refractivity contribution in [3.05, 3.63) is 60.8 Å². The monoisotopic (exact) mass is 360 g/mol. The lowest BCUT2D eigenvalue weighted by Gasteiger charge is -2.20. The molecule has 2 aromatic carbocycles. The van der Waals surface area contributed by atoms with Gasteiger partial charge in [0.2, 0.25) is 5.91 Å². The van der Waals surface area contributed by atoms with Crippen LogP contribution in [0.2, 0.25) is 0 Å². The smallest absolute Gasteiger partial charge is 0.224 e. The van der Waals surface area contributed by atoms with E-state index in [-0.39, 0.29) is 5.91 Å². The predicted octanol–water partition coefficient (Wildman–Crippen LogP) is 5.94. The van der Waals surface area contributed by atoms with Gasteiger partial charge >= 0.3 is 0 Å². The SMILES string of the molecule is O=C(CC1CCCCC1)Nc1cccc(Oc2ccnc3ccccc23)c1. The van der Waals surface area contributed by atoms with Crippen LogP contribution in [-0.2, 0) is 4.79 Å². The third-order valence-electron chi connectivity index (χ3n) is 5.15. The number of hydrogen-bond donors (Lipinski definition) is 1. The zero-order valence-electron chi connectivity index (χ0n) is 15.4. The first-order valence-corrected chi connectivity index (χ1v) is 9.69.